The first-order valence-electron chi connectivity index (χ1n) is 7.14. The molecule has 0 aliphatic rings. The molecule has 0 bridgehead atoms. The monoisotopic (exact) mass is 314 g/mol. The zero-order valence-corrected chi connectivity index (χ0v) is 12.4. The highest BCUT2D eigenvalue weighted by molar-refractivity contribution is 5.79. The lowest BCUT2D eigenvalue weighted by Gasteiger charge is -2.09. The average Bonchev–Trinajstić information content (AvgIpc) is 2.52. The first kappa shape index (κ1) is 15.2. The number of hydrogen-bond donors (Lipinski definition) is 2. The van der Waals surface area contributed by atoms with E-state index in [2.05, 4.69) is 9.97 Å². The molecule has 23 heavy (non-hydrogen) atoms. The highest BCUT2D eigenvalue weighted by atomic mass is 19.1. The standard InChI is InChI=1S/C17H15FN2O3/c1-10(21)9-23-13-4-2-3-11(7-13)16-19-15-8-12(18)5-6-14(15)17(22)20-16/h2-8,10,21H,9H2,1H3,(H,19,20,22)/t10-/m0/s1. The smallest absolute Gasteiger partial charge is 0.259 e. The number of aromatic amines is 1. The number of halogens is 1. The van der Waals surface area contributed by atoms with Crippen LogP contribution in [0.25, 0.3) is 22.3 Å². The fraction of sp³-hybridized carbons (Fsp3) is 0.176. The SMILES string of the molecule is C[C@H](O)COc1cccc(-c2nc3cc(F)ccc3c(=O)[nH]2)c1. The Morgan fingerprint density at radius 1 is 1.30 bits per heavy atom. The Kier molecular flexibility index (Phi) is 4.08. The van der Waals surface area contributed by atoms with E-state index in [1.54, 1.807) is 31.2 Å². The summed E-state index contributed by atoms with van der Waals surface area (Å²) in [5, 5.41) is 9.59. The van der Waals surface area contributed by atoms with Crippen molar-refractivity contribution in [1.29, 1.82) is 0 Å². The van der Waals surface area contributed by atoms with Crippen LogP contribution in [0.5, 0.6) is 5.75 Å². The minimum absolute atomic E-state index is 0.163. The van der Waals surface area contributed by atoms with Crippen LogP contribution >= 0.6 is 0 Å². The molecule has 2 N–H and O–H groups in total. The van der Waals surface area contributed by atoms with Gasteiger partial charge in [-0.15, -0.1) is 0 Å². The third-order valence-electron chi connectivity index (χ3n) is 3.27. The molecular weight excluding hydrogens is 299 g/mol. The van der Waals surface area contributed by atoms with Crippen LogP contribution in [0.1, 0.15) is 6.92 Å². The van der Waals surface area contributed by atoms with Crippen LogP contribution in [0.4, 0.5) is 4.39 Å². The largest absolute Gasteiger partial charge is 0.491 e. The second-order valence-electron chi connectivity index (χ2n) is 5.26. The predicted octanol–water partition coefficient (Wildman–Crippen LogP) is 2.49. The molecule has 3 aromatic rings. The van der Waals surface area contributed by atoms with Gasteiger partial charge >= 0.3 is 0 Å². The van der Waals surface area contributed by atoms with Crippen molar-refractivity contribution < 1.29 is 14.2 Å². The van der Waals surface area contributed by atoms with Gasteiger partial charge < -0.3 is 14.8 Å². The summed E-state index contributed by atoms with van der Waals surface area (Å²) in [4.78, 5) is 19.1. The summed E-state index contributed by atoms with van der Waals surface area (Å²) in [5.74, 6) is 0.427. The van der Waals surface area contributed by atoms with Crippen LogP contribution in [0, 0.1) is 5.82 Å². The van der Waals surface area contributed by atoms with Gasteiger partial charge in [0.05, 0.1) is 17.0 Å². The Balaban J connectivity index is 2.03. The number of aromatic nitrogens is 2. The number of nitrogens with zero attached hydrogens (tertiary/aromatic N) is 1. The maximum absolute atomic E-state index is 13.3. The van der Waals surface area contributed by atoms with Crippen molar-refractivity contribution in [3.05, 3.63) is 58.6 Å². The first-order chi connectivity index (χ1) is 11.0. The Hall–Kier alpha value is -2.73. The molecular formula is C17H15FN2O3. The van der Waals surface area contributed by atoms with Gasteiger partial charge in [0.25, 0.3) is 5.56 Å². The van der Waals surface area contributed by atoms with Gasteiger partial charge in [0.1, 0.15) is 24.0 Å². The Bertz CT molecular complexity index is 906. The van der Waals surface area contributed by atoms with Crippen LogP contribution in [0.15, 0.2) is 47.3 Å². The number of rotatable bonds is 4. The molecule has 0 saturated carbocycles. The number of nitrogens with one attached hydrogen (secondary N) is 1. The summed E-state index contributed by atoms with van der Waals surface area (Å²) in [6, 6.07) is 10.8. The van der Waals surface area contributed by atoms with Gasteiger partial charge in [0.2, 0.25) is 0 Å². The number of aliphatic hydroxyl groups is 1. The van der Waals surface area contributed by atoms with Gasteiger partial charge in [-0.05, 0) is 31.2 Å². The summed E-state index contributed by atoms with van der Waals surface area (Å²) in [7, 11) is 0. The van der Waals surface area contributed by atoms with Crippen molar-refractivity contribution in [1.82, 2.24) is 9.97 Å². The molecule has 5 nitrogen and oxygen atoms in total. The molecule has 0 aliphatic heterocycles. The molecule has 1 aromatic heterocycles. The van der Waals surface area contributed by atoms with Crippen molar-refractivity contribution in [2.75, 3.05) is 6.61 Å². The van der Waals surface area contributed by atoms with Crippen LogP contribution in [-0.4, -0.2) is 27.8 Å². The van der Waals surface area contributed by atoms with Crippen molar-refractivity contribution in [3.63, 3.8) is 0 Å². The summed E-state index contributed by atoms with van der Waals surface area (Å²) in [6.45, 7) is 1.79. The van der Waals surface area contributed by atoms with Crippen LogP contribution < -0.4 is 10.3 Å². The predicted molar refractivity (Wildman–Crippen MR) is 84.9 cm³/mol. The topological polar surface area (TPSA) is 75.2 Å². The molecule has 0 radical (unpaired) electrons. The van der Waals surface area contributed by atoms with Crippen molar-refractivity contribution >= 4 is 10.9 Å². The van der Waals surface area contributed by atoms with E-state index in [1.807, 2.05) is 0 Å². The molecule has 0 amide bonds. The van der Waals surface area contributed by atoms with Crippen LogP contribution in [0.2, 0.25) is 0 Å². The number of H-pyrrole nitrogens is 1. The molecule has 118 valence electrons. The molecule has 0 saturated heterocycles. The molecule has 2 aromatic carbocycles. The van der Waals surface area contributed by atoms with E-state index in [4.69, 9.17) is 4.74 Å². The van der Waals surface area contributed by atoms with E-state index in [9.17, 15) is 14.3 Å². The van der Waals surface area contributed by atoms with E-state index in [1.165, 1.54) is 18.2 Å². The van der Waals surface area contributed by atoms with Crippen molar-refractivity contribution in [3.8, 4) is 17.1 Å². The van der Waals surface area contributed by atoms with Crippen molar-refractivity contribution in [2.45, 2.75) is 13.0 Å². The minimum atomic E-state index is -0.583. The Labute approximate surface area is 131 Å². The second kappa shape index (κ2) is 6.18. The number of fused-ring (bicyclic) bond motifs is 1. The van der Waals surface area contributed by atoms with Gasteiger partial charge in [-0.25, -0.2) is 9.37 Å². The van der Waals surface area contributed by atoms with E-state index >= 15 is 0 Å². The van der Waals surface area contributed by atoms with Gasteiger partial charge in [0, 0.05) is 11.6 Å². The quantitative estimate of drug-likeness (QED) is 0.776. The Morgan fingerprint density at radius 3 is 2.91 bits per heavy atom. The van der Waals surface area contributed by atoms with Gasteiger partial charge in [0.15, 0.2) is 0 Å². The van der Waals surface area contributed by atoms with E-state index in [0.717, 1.165) is 0 Å². The Morgan fingerprint density at radius 2 is 2.13 bits per heavy atom. The second-order valence-corrected chi connectivity index (χ2v) is 5.26. The van der Waals surface area contributed by atoms with Crippen LogP contribution in [-0.2, 0) is 0 Å². The van der Waals surface area contributed by atoms with Gasteiger partial charge in [-0.2, -0.15) is 0 Å². The molecule has 0 unspecified atom stereocenters. The highest BCUT2D eigenvalue weighted by Gasteiger charge is 2.08. The van der Waals surface area contributed by atoms with E-state index in [0.29, 0.717) is 28.0 Å². The van der Waals surface area contributed by atoms with E-state index < -0.39 is 11.9 Å². The maximum atomic E-state index is 13.3. The summed E-state index contributed by atoms with van der Waals surface area (Å²) >= 11 is 0. The number of benzene rings is 2. The number of ether oxygens (including phenoxy) is 1. The lowest BCUT2D eigenvalue weighted by molar-refractivity contribution is 0.123. The fourth-order valence-corrected chi connectivity index (χ4v) is 2.20. The zero-order chi connectivity index (χ0) is 16.4. The van der Waals surface area contributed by atoms with Gasteiger partial charge in [-0.3, -0.25) is 4.79 Å². The van der Waals surface area contributed by atoms with Crippen LogP contribution in [0.3, 0.4) is 0 Å². The first-order valence-corrected chi connectivity index (χ1v) is 7.14. The molecule has 1 heterocycles. The molecule has 0 fully saturated rings. The molecule has 6 heteroatoms. The summed E-state index contributed by atoms with van der Waals surface area (Å²) in [5.41, 5.74) is 0.593. The molecule has 0 aliphatic carbocycles. The summed E-state index contributed by atoms with van der Waals surface area (Å²) in [6.07, 6.45) is -0.583. The minimum Gasteiger partial charge on any atom is -0.491 e. The molecule has 0 spiro atoms. The zero-order valence-electron chi connectivity index (χ0n) is 12.4. The summed E-state index contributed by atoms with van der Waals surface area (Å²) < 4.78 is 18.8. The number of aliphatic hydroxyl groups excluding tert-OH is 1. The fourth-order valence-electron chi connectivity index (χ4n) is 2.20. The third kappa shape index (κ3) is 3.37. The average molecular weight is 314 g/mol. The lowest BCUT2D eigenvalue weighted by atomic mass is 10.2. The normalized spacial score (nSPS) is 12.3. The van der Waals surface area contributed by atoms with E-state index in [-0.39, 0.29) is 12.2 Å². The molecule has 3 rings (SSSR count). The van der Waals surface area contributed by atoms with Gasteiger partial charge in [-0.1, -0.05) is 12.1 Å². The van der Waals surface area contributed by atoms with Crippen molar-refractivity contribution in [2.24, 2.45) is 0 Å². The highest BCUT2D eigenvalue weighted by Crippen LogP contribution is 2.22. The third-order valence-corrected chi connectivity index (χ3v) is 3.27. The maximum Gasteiger partial charge on any atom is 0.259 e. The number of hydrogen-bond acceptors (Lipinski definition) is 4. The lowest BCUT2D eigenvalue weighted by Crippen LogP contribution is -2.13. The molecule has 1 atom stereocenters.